The number of halogens is 1. The van der Waals surface area contributed by atoms with Crippen molar-refractivity contribution in [1.29, 1.82) is 0 Å². The Hall–Kier alpha value is -1.64. The second-order valence-corrected chi connectivity index (χ2v) is 8.21. The van der Waals surface area contributed by atoms with E-state index in [9.17, 15) is 0 Å². The van der Waals surface area contributed by atoms with E-state index in [4.69, 9.17) is 11.6 Å². The Balaban J connectivity index is 1.56. The van der Waals surface area contributed by atoms with Crippen molar-refractivity contribution >= 4 is 17.2 Å². The molecule has 3 rings (SSSR count). The molecule has 0 saturated heterocycles. The Kier molecular flexibility index (Phi) is 6.50. The molecule has 1 aromatic carbocycles. The SMILES string of the molecule is CC(C)Cc1ccc(C(C)CN2CC=C(c3cccc(Cl)n3)CC2)cc1. The predicted octanol–water partition coefficient (Wildman–Crippen LogP) is 5.83. The van der Waals surface area contributed by atoms with Gasteiger partial charge in [0.15, 0.2) is 0 Å². The van der Waals surface area contributed by atoms with Crippen LogP contribution in [-0.2, 0) is 6.42 Å². The number of hydrogen-bond acceptors (Lipinski definition) is 2. The average molecular weight is 369 g/mol. The summed E-state index contributed by atoms with van der Waals surface area (Å²) in [7, 11) is 0. The van der Waals surface area contributed by atoms with Gasteiger partial charge in [-0.25, -0.2) is 4.98 Å². The highest BCUT2D eigenvalue weighted by Gasteiger charge is 2.17. The molecule has 1 aliphatic heterocycles. The number of aromatic nitrogens is 1. The molecular formula is C23H29ClN2. The van der Waals surface area contributed by atoms with Crippen LogP contribution in [0.1, 0.15) is 49.9 Å². The van der Waals surface area contributed by atoms with Crippen molar-refractivity contribution in [3.05, 3.63) is 70.5 Å². The summed E-state index contributed by atoms with van der Waals surface area (Å²) in [6, 6.07) is 15.1. The van der Waals surface area contributed by atoms with Crippen LogP contribution < -0.4 is 0 Å². The largest absolute Gasteiger partial charge is 0.299 e. The Morgan fingerprint density at radius 2 is 1.85 bits per heavy atom. The quantitative estimate of drug-likeness (QED) is 0.596. The minimum atomic E-state index is 0.544. The van der Waals surface area contributed by atoms with Crippen molar-refractivity contribution < 1.29 is 0 Å². The molecule has 138 valence electrons. The molecule has 2 aromatic rings. The van der Waals surface area contributed by atoms with Crippen molar-refractivity contribution in [3.8, 4) is 0 Å². The third-order valence-electron chi connectivity index (χ3n) is 5.06. The molecule has 26 heavy (non-hydrogen) atoms. The van der Waals surface area contributed by atoms with Gasteiger partial charge in [0.25, 0.3) is 0 Å². The van der Waals surface area contributed by atoms with Crippen LogP contribution in [0.15, 0.2) is 48.5 Å². The average Bonchev–Trinajstić information content (AvgIpc) is 2.62. The number of nitrogens with zero attached hydrogens (tertiary/aromatic N) is 2. The summed E-state index contributed by atoms with van der Waals surface area (Å²) < 4.78 is 0. The van der Waals surface area contributed by atoms with Crippen LogP contribution >= 0.6 is 11.6 Å². The third-order valence-corrected chi connectivity index (χ3v) is 5.27. The van der Waals surface area contributed by atoms with Crippen molar-refractivity contribution in [3.63, 3.8) is 0 Å². The molecule has 0 N–H and O–H groups in total. The molecule has 1 aliphatic rings. The molecule has 0 spiro atoms. The van der Waals surface area contributed by atoms with E-state index in [1.165, 1.54) is 16.7 Å². The molecule has 0 aliphatic carbocycles. The third kappa shape index (κ3) is 5.18. The zero-order valence-electron chi connectivity index (χ0n) is 16.1. The van der Waals surface area contributed by atoms with Crippen LogP contribution in [0, 0.1) is 5.92 Å². The van der Waals surface area contributed by atoms with E-state index in [0.717, 1.165) is 38.2 Å². The van der Waals surface area contributed by atoms with Crippen LogP contribution in [0.25, 0.3) is 5.57 Å². The lowest BCUT2D eigenvalue weighted by molar-refractivity contribution is 0.286. The zero-order chi connectivity index (χ0) is 18.5. The van der Waals surface area contributed by atoms with Crippen LogP contribution in [0.2, 0.25) is 5.15 Å². The van der Waals surface area contributed by atoms with E-state index in [1.54, 1.807) is 0 Å². The maximum absolute atomic E-state index is 6.02. The van der Waals surface area contributed by atoms with E-state index in [2.05, 4.69) is 67.1 Å². The molecule has 1 atom stereocenters. The van der Waals surface area contributed by atoms with Gasteiger partial charge in [-0.15, -0.1) is 0 Å². The maximum Gasteiger partial charge on any atom is 0.129 e. The van der Waals surface area contributed by atoms with Crippen molar-refractivity contribution in [2.75, 3.05) is 19.6 Å². The maximum atomic E-state index is 6.02. The predicted molar refractivity (Wildman–Crippen MR) is 112 cm³/mol. The Bertz CT molecular complexity index is 749. The van der Waals surface area contributed by atoms with E-state index >= 15 is 0 Å². The molecule has 1 aromatic heterocycles. The van der Waals surface area contributed by atoms with Gasteiger partial charge >= 0.3 is 0 Å². The molecule has 0 amide bonds. The van der Waals surface area contributed by atoms with Crippen LogP contribution in [0.5, 0.6) is 0 Å². The summed E-state index contributed by atoms with van der Waals surface area (Å²) in [5, 5.41) is 0.570. The Morgan fingerprint density at radius 1 is 1.08 bits per heavy atom. The van der Waals surface area contributed by atoms with Crippen LogP contribution in [0.3, 0.4) is 0 Å². The normalized spacial score (nSPS) is 16.6. The molecule has 0 saturated carbocycles. The monoisotopic (exact) mass is 368 g/mol. The van der Waals surface area contributed by atoms with Gasteiger partial charge in [-0.1, -0.05) is 68.8 Å². The summed E-state index contributed by atoms with van der Waals surface area (Å²) in [6.45, 7) is 10.0. The molecule has 0 bridgehead atoms. The minimum absolute atomic E-state index is 0.544. The van der Waals surface area contributed by atoms with E-state index in [0.29, 0.717) is 17.0 Å². The fourth-order valence-corrected chi connectivity index (χ4v) is 3.81. The second-order valence-electron chi connectivity index (χ2n) is 7.83. The zero-order valence-corrected chi connectivity index (χ0v) is 16.8. The van der Waals surface area contributed by atoms with Gasteiger partial charge in [-0.2, -0.15) is 0 Å². The standard InChI is InChI=1S/C23H29ClN2/c1-17(2)15-19-7-9-20(10-8-19)18(3)16-26-13-11-21(12-14-26)22-5-4-6-23(24)25-22/h4-11,17-18H,12-16H2,1-3H3. The lowest BCUT2D eigenvalue weighted by Crippen LogP contribution is -2.32. The van der Waals surface area contributed by atoms with E-state index in [-0.39, 0.29) is 0 Å². The molecule has 1 unspecified atom stereocenters. The summed E-state index contributed by atoms with van der Waals surface area (Å²) >= 11 is 6.02. The van der Waals surface area contributed by atoms with Gasteiger partial charge in [0.05, 0.1) is 5.69 Å². The number of pyridine rings is 1. The first-order chi connectivity index (χ1) is 12.5. The van der Waals surface area contributed by atoms with Crippen molar-refractivity contribution in [2.45, 2.75) is 39.5 Å². The number of rotatable bonds is 6. The van der Waals surface area contributed by atoms with Gasteiger partial charge in [0.1, 0.15) is 5.15 Å². The molecule has 2 nitrogen and oxygen atoms in total. The minimum Gasteiger partial charge on any atom is -0.299 e. The van der Waals surface area contributed by atoms with Crippen molar-refractivity contribution in [2.24, 2.45) is 5.92 Å². The first-order valence-electron chi connectivity index (χ1n) is 9.64. The highest BCUT2D eigenvalue weighted by atomic mass is 35.5. The Labute approximate surface area is 162 Å². The summed E-state index contributed by atoms with van der Waals surface area (Å²) in [6.07, 6.45) is 4.50. The van der Waals surface area contributed by atoms with Crippen LogP contribution in [-0.4, -0.2) is 29.5 Å². The molecule has 0 fully saturated rings. The fraction of sp³-hybridized carbons (Fsp3) is 0.435. The van der Waals surface area contributed by atoms with Gasteiger partial charge in [0, 0.05) is 19.6 Å². The van der Waals surface area contributed by atoms with Gasteiger partial charge in [0.2, 0.25) is 0 Å². The molecular weight excluding hydrogens is 340 g/mol. The second kappa shape index (κ2) is 8.83. The lowest BCUT2D eigenvalue weighted by Gasteiger charge is -2.29. The topological polar surface area (TPSA) is 16.1 Å². The first-order valence-corrected chi connectivity index (χ1v) is 10.0. The van der Waals surface area contributed by atoms with Crippen LogP contribution in [0.4, 0.5) is 0 Å². The highest BCUT2D eigenvalue weighted by Crippen LogP contribution is 2.24. The fourth-order valence-electron chi connectivity index (χ4n) is 3.64. The number of hydrogen-bond donors (Lipinski definition) is 0. The summed E-state index contributed by atoms with van der Waals surface area (Å²) in [4.78, 5) is 6.97. The van der Waals surface area contributed by atoms with Crippen molar-refractivity contribution in [1.82, 2.24) is 9.88 Å². The Morgan fingerprint density at radius 3 is 2.46 bits per heavy atom. The molecule has 2 heterocycles. The van der Waals surface area contributed by atoms with Gasteiger partial charge < -0.3 is 0 Å². The van der Waals surface area contributed by atoms with E-state index in [1.807, 2.05) is 12.1 Å². The van der Waals surface area contributed by atoms with E-state index < -0.39 is 0 Å². The highest BCUT2D eigenvalue weighted by molar-refractivity contribution is 6.29. The number of benzene rings is 1. The smallest absolute Gasteiger partial charge is 0.129 e. The van der Waals surface area contributed by atoms with Gasteiger partial charge in [-0.3, -0.25) is 4.90 Å². The lowest BCUT2D eigenvalue weighted by atomic mass is 9.95. The summed E-state index contributed by atoms with van der Waals surface area (Å²) in [5.41, 5.74) is 5.21. The first kappa shape index (κ1) is 19.1. The summed E-state index contributed by atoms with van der Waals surface area (Å²) in [5.74, 6) is 1.25. The van der Waals surface area contributed by atoms with Gasteiger partial charge in [-0.05, 0) is 53.5 Å². The molecule has 3 heteroatoms. The molecule has 0 radical (unpaired) electrons.